The Kier molecular flexibility index (Phi) is 5.98. The molecule has 1 aliphatic rings. The molecular formula is C12H14ClN3O3. The molecule has 1 heterocycles. The van der Waals surface area contributed by atoms with Crippen molar-refractivity contribution in [1.82, 2.24) is 5.01 Å². The minimum atomic E-state index is -0.512. The van der Waals surface area contributed by atoms with Crippen LogP contribution in [0.1, 0.15) is 6.42 Å². The van der Waals surface area contributed by atoms with E-state index in [0.717, 1.165) is 12.1 Å². The van der Waals surface area contributed by atoms with Gasteiger partial charge in [-0.2, -0.15) is 5.10 Å². The number of amides is 2. The highest BCUT2D eigenvalue weighted by atomic mass is 35.5. The quantitative estimate of drug-likeness (QED) is 0.811. The standard InChI is InChI=1S/C11H10ClN3O2.CH4O/c12-8-1-3-9(4-2-8)14-11(17)15-10(7-16)5-6-13-15;1-2/h1-4,6-7,10H,5H2,(H,14,17);2H,1H3. The lowest BCUT2D eigenvalue weighted by Crippen LogP contribution is -2.36. The number of aldehydes is 1. The Hall–Kier alpha value is -1.92. The van der Waals surface area contributed by atoms with E-state index in [1.807, 2.05) is 0 Å². The summed E-state index contributed by atoms with van der Waals surface area (Å²) in [6.45, 7) is 0. The predicted molar refractivity (Wildman–Crippen MR) is 73.4 cm³/mol. The normalized spacial score (nSPS) is 16.6. The van der Waals surface area contributed by atoms with Crippen molar-refractivity contribution in [3.05, 3.63) is 29.3 Å². The van der Waals surface area contributed by atoms with Gasteiger partial charge in [-0.05, 0) is 24.3 Å². The average molecular weight is 284 g/mol. The molecule has 0 saturated carbocycles. The number of nitrogens with zero attached hydrogens (tertiary/aromatic N) is 2. The molecule has 2 N–H and O–H groups in total. The SMILES string of the molecule is CO.O=CC1CC=NN1C(=O)Nc1ccc(Cl)cc1. The average Bonchev–Trinajstić information content (AvgIpc) is 2.92. The van der Waals surface area contributed by atoms with Crippen molar-refractivity contribution in [2.24, 2.45) is 5.10 Å². The number of nitrogens with one attached hydrogen (secondary N) is 1. The Bertz CT molecular complexity index is 462. The Morgan fingerprint density at radius 3 is 2.68 bits per heavy atom. The number of hydrazone groups is 1. The molecule has 1 aliphatic heterocycles. The molecule has 0 aliphatic carbocycles. The summed E-state index contributed by atoms with van der Waals surface area (Å²) >= 11 is 5.73. The fourth-order valence-corrected chi connectivity index (χ4v) is 1.58. The maximum atomic E-state index is 11.8. The molecule has 1 aromatic carbocycles. The van der Waals surface area contributed by atoms with Crippen LogP contribution in [0.2, 0.25) is 5.02 Å². The Labute approximate surface area is 115 Å². The van der Waals surface area contributed by atoms with E-state index in [4.69, 9.17) is 16.7 Å². The van der Waals surface area contributed by atoms with Crippen molar-refractivity contribution in [3.8, 4) is 0 Å². The summed E-state index contributed by atoms with van der Waals surface area (Å²) in [6, 6.07) is 5.75. The van der Waals surface area contributed by atoms with Crippen LogP contribution in [0, 0.1) is 0 Å². The van der Waals surface area contributed by atoms with Crippen molar-refractivity contribution in [2.45, 2.75) is 12.5 Å². The van der Waals surface area contributed by atoms with Crippen molar-refractivity contribution >= 4 is 35.8 Å². The summed E-state index contributed by atoms with van der Waals surface area (Å²) in [4.78, 5) is 22.5. The van der Waals surface area contributed by atoms with Gasteiger partial charge in [-0.1, -0.05) is 11.6 Å². The molecule has 102 valence electrons. The lowest BCUT2D eigenvalue weighted by molar-refractivity contribution is -0.111. The first-order chi connectivity index (χ1) is 9.20. The van der Waals surface area contributed by atoms with Gasteiger partial charge in [0.25, 0.3) is 0 Å². The fraction of sp³-hybridized carbons (Fsp3) is 0.250. The highest BCUT2D eigenvalue weighted by Crippen LogP contribution is 2.16. The van der Waals surface area contributed by atoms with E-state index in [-0.39, 0.29) is 0 Å². The van der Waals surface area contributed by atoms with Gasteiger partial charge in [0.15, 0.2) is 0 Å². The number of aliphatic hydroxyl groups excluding tert-OH is 1. The first kappa shape index (κ1) is 15.1. The maximum Gasteiger partial charge on any atom is 0.342 e. The minimum absolute atomic E-state index is 0.432. The Morgan fingerprint density at radius 2 is 2.11 bits per heavy atom. The number of rotatable bonds is 2. The zero-order valence-corrected chi connectivity index (χ0v) is 11.0. The predicted octanol–water partition coefficient (Wildman–Crippen LogP) is 1.74. The summed E-state index contributed by atoms with van der Waals surface area (Å²) in [5, 5.41) is 15.2. The van der Waals surface area contributed by atoms with Crippen LogP contribution in [-0.2, 0) is 4.79 Å². The van der Waals surface area contributed by atoms with E-state index in [9.17, 15) is 9.59 Å². The van der Waals surface area contributed by atoms with Gasteiger partial charge in [0.2, 0.25) is 0 Å². The second-order valence-corrected chi connectivity index (χ2v) is 3.96. The van der Waals surface area contributed by atoms with Crippen LogP contribution in [0.3, 0.4) is 0 Å². The number of aliphatic hydroxyl groups is 1. The van der Waals surface area contributed by atoms with E-state index in [1.165, 1.54) is 0 Å². The lowest BCUT2D eigenvalue weighted by atomic mass is 10.2. The fourth-order valence-electron chi connectivity index (χ4n) is 1.46. The number of carbonyl (C=O) groups is 2. The number of anilines is 1. The van der Waals surface area contributed by atoms with Gasteiger partial charge in [-0.15, -0.1) is 0 Å². The van der Waals surface area contributed by atoms with Crippen LogP contribution in [0.5, 0.6) is 0 Å². The third-order valence-electron chi connectivity index (χ3n) is 2.33. The van der Waals surface area contributed by atoms with E-state index < -0.39 is 12.1 Å². The van der Waals surface area contributed by atoms with Gasteiger partial charge in [-0.25, -0.2) is 9.80 Å². The number of hydrogen-bond donors (Lipinski definition) is 2. The summed E-state index contributed by atoms with van der Waals surface area (Å²) in [6.07, 6.45) is 2.70. The van der Waals surface area contributed by atoms with Crippen LogP contribution in [-0.4, -0.2) is 41.8 Å². The molecule has 0 bridgehead atoms. The minimum Gasteiger partial charge on any atom is -0.400 e. The first-order valence-corrected chi connectivity index (χ1v) is 5.87. The first-order valence-electron chi connectivity index (χ1n) is 5.49. The molecule has 1 aromatic rings. The van der Waals surface area contributed by atoms with Gasteiger partial charge in [0.05, 0.1) is 0 Å². The van der Waals surface area contributed by atoms with Crippen LogP contribution < -0.4 is 5.32 Å². The van der Waals surface area contributed by atoms with Crippen LogP contribution in [0.25, 0.3) is 0 Å². The maximum absolute atomic E-state index is 11.8. The number of hydrogen-bond acceptors (Lipinski definition) is 4. The molecule has 19 heavy (non-hydrogen) atoms. The summed E-state index contributed by atoms with van der Waals surface area (Å²) in [5.41, 5.74) is 0.603. The third kappa shape index (κ3) is 4.04. The third-order valence-corrected chi connectivity index (χ3v) is 2.58. The molecule has 2 amide bonds. The number of halogens is 1. The smallest absolute Gasteiger partial charge is 0.342 e. The van der Waals surface area contributed by atoms with Gasteiger partial charge in [0, 0.05) is 30.5 Å². The van der Waals surface area contributed by atoms with E-state index >= 15 is 0 Å². The van der Waals surface area contributed by atoms with Crippen LogP contribution >= 0.6 is 11.6 Å². The second-order valence-electron chi connectivity index (χ2n) is 3.52. The van der Waals surface area contributed by atoms with Crippen molar-refractivity contribution in [2.75, 3.05) is 12.4 Å². The van der Waals surface area contributed by atoms with Gasteiger partial charge in [-0.3, -0.25) is 0 Å². The van der Waals surface area contributed by atoms with Gasteiger partial charge in [0.1, 0.15) is 12.3 Å². The number of benzene rings is 1. The molecule has 2 rings (SSSR count). The molecule has 0 aromatic heterocycles. The highest BCUT2D eigenvalue weighted by Gasteiger charge is 2.26. The van der Waals surface area contributed by atoms with E-state index in [0.29, 0.717) is 23.4 Å². The number of carbonyl (C=O) groups excluding carboxylic acids is 2. The van der Waals surface area contributed by atoms with Crippen molar-refractivity contribution in [3.63, 3.8) is 0 Å². The van der Waals surface area contributed by atoms with Gasteiger partial charge < -0.3 is 15.2 Å². The second kappa shape index (κ2) is 7.50. The molecule has 7 heteroatoms. The topological polar surface area (TPSA) is 82.0 Å². The molecule has 0 fully saturated rings. The summed E-state index contributed by atoms with van der Waals surface area (Å²) in [5.74, 6) is 0. The van der Waals surface area contributed by atoms with Crippen molar-refractivity contribution in [1.29, 1.82) is 0 Å². The monoisotopic (exact) mass is 283 g/mol. The summed E-state index contributed by atoms with van der Waals surface area (Å²) < 4.78 is 0. The molecule has 1 atom stereocenters. The summed E-state index contributed by atoms with van der Waals surface area (Å²) in [7, 11) is 1.00. The Morgan fingerprint density at radius 1 is 1.47 bits per heavy atom. The molecule has 6 nitrogen and oxygen atoms in total. The molecule has 0 saturated heterocycles. The largest absolute Gasteiger partial charge is 0.400 e. The van der Waals surface area contributed by atoms with Crippen LogP contribution in [0.4, 0.5) is 10.5 Å². The lowest BCUT2D eigenvalue weighted by Gasteiger charge is -2.17. The van der Waals surface area contributed by atoms with Crippen LogP contribution in [0.15, 0.2) is 29.4 Å². The highest BCUT2D eigenvalue weighted by molar-refractivity contribution is 6.30. The number of urea groups is 1. The molecular weight excluding hydrogens is 270 g/mol. The van der Waals surface area contributed by atoms with E-state index in [2.05, 4.69) is 10.4 Å². The van der Waals surface area contributed by atoms with E-state index in [1.54, 1.807) is 30.5 Å². The Balaban J connectivity index is 0.000000861. The molecule has 0 radical (unpaired) electrons. The molecule has 1 unspecified atom stereocenters. The molecule has 0 spiro atoms. The zero-order valence-electron chi connectivity index (χ0n) is 10.3. The van der Waals surface area contributed by atoms with Gasteiger partial charge >= 0.3 is 6.03 Å². The zero-order chi connectivity index (χ0) is 14.3. The van der Waals surface area contributed by atoms with Crippen molar-refractivity contribution < 1.29 is 14.7 Å².